The van der Waals surface area contributed by atoms with Crippen molar-refractivity contribution in [2.45, 2.75) is 18.2 Å². The lowest BCUT2D eigenvalue weighted by Crippen LogP contribution is -2.29. The van der Waals surface area contributed by atoms with Crippen molar-refractivity contribution in [2.75, 3.05) is 13.6 Å². The average molecular weight is 371 g/mol. The van der Waals surface area contributed by atoms with Crippen molar-refractivity contribution in [1.29, 1.82) is 0 Å². The van der Waals surface area contributed by atoms with Crippen molar-refractivity contribution in [3.63, 3.8) is 0 Å². The molecule has 1 aliphatic carbocycles. The fourth-order valence-corrected chi connectivity index (χ4v) is 3.41. The van der Waals surface area contributed by atoms with E-state index >= 15 is 0 Å². The van der Waals surface area contributed by atoms with Crippen LogP contribution in [0.15, 0.2) is 17.0 Å². The number of hydrogen-bond acceptors (Lipinski definition) is 3. The number of nitrogens with zero attached hydrogens (tertiary/aromatic N) is 1. The van der Waals surface area contributed by atoms with Crippen LogP contribution in [0.25, 0.3) is 0 Å². The monoisotopic (exact) mass is 369 g/mol. The summed E-state index contributed by atoms with van der Waals surface area (Å²) in [5, 5.41) is 0.0105. The molecule has 116 valence electrons. The summed E-state index contributed by atoms with van der Waals surface area (Å²) in [5.74, 6) is 0.713. The molecule has 0 spiro atoms. The van der Waals surface area contributed by atoms with Crippen molar-refractivity contribution in [3.05, 3.63) is 27.7 Å². The zero-order chi connectivity index (χ0) is 15.9. The third-order valence-electron chi connectivity index (χ3n) is 3.64. The lowest BCUT2D eigenvalue weighted by molar-refractivity contribution is 0.0787. The second-order valence-electron chi connectivity index (χ2n) is 5.36. The van der Waals surface area contributed by atoms with E-state index in [-0.39, 0.29) is 26.4 Å². The van der Waals surface area contributed by atoms with Crippen LogP contribution in [0.3, 0.4) is 0 Å². The molecular formula is C13H14Cl3NO3S. The number of carbonyl (C=O) groups excluding carboxylic acids is 1. The normalized spacial score (nSPS) is 21.2. The molecule has 0 heterocycles. The Balaban J connectivity index is 2.33. The second-order valence-corrected chi connectivity index (χ2v) is 8.71. The van der Waals surface area contributed by atoms with Gasteiger partial charge in [-0.2, -0.15) is 0 Å². The molecular weight excluding hydrogens is 357 g/mol. The van der Waals surface area contributed by atoms with Gasteiger partial charge in [-0.25, -0.2) is 8.42 Å². The lowest BCUT2D eigenvalue weighted by Gasteiger charge is -2.18. The summed E-state index contributed by atoms with van der Waals surface area (Å²) in [5.41, 5.74) is 0.0409. The van der Waals surface area contributed by atoms with E-state index in [9.17, 15) is 13.2 Å². The number of carbonyl (C=O) groups is 1. The van der Waals surface area contributed by atoms with Gasteiger partial charge in [0.2, 0.25) is 0 Å². The fourth-order valence-electron chi connectivity index (χ4n) is 2.15. The molecule has 0 saturated heterocycles. The molecule has 2 unspecified atom stereocenters. The lowest BCUT2D eigenvalue weighted by atomic mass is 10.2. The van der Waals surface area contributed by atoms with E-state index in [0.717, 1.165) is 18.6 Å². The van der Waals surface area contributed by atoms with Crippen LogP contribution in [0.4, 0.5) is 0 Å². The standard InChI is InChI=1S/C13H14Cl3NO3S/c1-7-3-8(7)6-17(2)13(18)10-4-9(21(16,19)20)5-11(14)12(10)15/h4-5,7-8H,3,6H2,1-2H3. The Kier molecular flexibility index (Phi) is 4.78. The minimum absolute atomic E-state index is 0.0186. The third kappa shape index (κ3) is 3.83. The SMILES string of the molecule is CC1CC1CN(C)C(=O)c1cc(S(=O)(=O)Cl)cc(Cl)c1Cl. The summed E-state index contributed by atoms with van der Waals surface area (Å²) in [6, 6.07) is 2.29. The molecule has 1 amide bonds. The molecule has 0 aliphatic heterocycles. The van der Waals surface area contributed by atoms with Gasteiger partial charge in [-0.05, 0) is 30.4 Å². The summed E-state index contributed by atoms with van der Waals surface area (Å²) in [4.78, 5) is 13.7. The van der Waals surface area contributed by atoms with Crippen LogP contribution in [-0.2, 0) is 9.05 Å². The van der Waals surface area contributed by atoms with Crippen molar-refractivity contribution >= 4 is 48.8 Å². The zero-order valence-electron chi connectivity index (χ0n) is 11.4. The number of hydrogen-bond donors (Lipinski definition) is 0. The Hall–Kier alpha value is -0.490. The summed E-state index contributed by atoms with van der Waals surface area (Å²) < 4.78 is 22.8. The maximum Gasteiger partial charge on any atom is 0.261 e. The molecule has 1 saturated carbocycles. The van der Waals surface area contributed by atoms with E-state index in [1.807, 2.05) is 0 Å². The summed E-state index contributed by atoms with van der Waals surface area (Å²) in [6.07, 6.45) is 1.09. The van der Waals surface area contributed by atoms with Gasteiger partial charge in [0.05, 0.1) is 20.5 Å². The predicted molar refractivity (Wildman–Crippen MR) is 83.7 cm³/mol. The second kappa shape index (κ2) is 5.95. The smallest absolute Gasteiger partial charge is 0.261 e. The summed E-state index contributed by atoms with van der Waals surface area (Å²) in [7, 11) is 2.97. The molecule has 0 bridgehead atoms. The van der Waals surface area contributed by atoms with Crippen molar-refractivity contribution in [2.24, 2.45) is 11.8 Å². The average Bonchev–Trinajstić information content (AvgIpc) is 3.05. The molecule has 21 heavy (non-hydrogen) atoms. The van der Waals surface area contributed by atoms with E-state index in [2.05, 4.69) is 6.92 Å². The van der Waals surface area contributed by atoms with Crippen LogP contribution in [0.1, 0.15) is 23.7 Å². The molecule has 1 aliphatic rings. The molecule has 1 aromatic rings. The first kappa shape index (κ1) is 16.9. The highest BCUT2D eigenvalue weighted by atomic mass is 35.7. The highest BCUT2D eigenvalue weighted by Crippen LogP contribution is 2.38. The van der Waals surface area contributed by atoms with Gasteiger partial charge in [-0.15, -0.1) is 0 Å². The van der Waals surface area contributed by atoms with Crippen LogP contribution in [-0.4, -0.2) is 32.8 Å². The molecule has 0 radical (unpaired) electrons. The van der Waals surface area contributed by atoms with Crippen molar-refractivity contribution in [3.8, 4) is 0 Å². The van der Waals surface area contributed by atoms with Crippen LogP contribution in [0.2, 0.25) is 10.0 Å². The Labute approximate surface area is 138 Å². The first-order valence-corrected chi connectivity index (χ1v) is 9.37. The summed E-state index contributed by atoms with van der Waals surface area (Å²) in [6.45, 7) is 2.72. The molecule has 2 rings (SSSR count). The predicted octanol–water partition coefficient (Wildman–Crippen LogP) is 3.65. The minimum Gasteiger partial charge on any atom is -0.341 e. The Morgan fingerprint density at radius 1 is 1.38 bits per heavy atom. The minimum atomic E-state index is -3.98. The highest BCUT2D eigenvalue weighted by molar-refractivity contribution is 8.13. The van der Waals surface area contributed by atoms with E-state index in [4.69, 9.17) is 33.9 Å². The van der Waals surface area contributed by atoms with E-state index in [0.29, 0.717) is 18.4 Å². The van der Waals surface area contributed by atoms with Crippen LogP contribution < -0.4 is 0 Å². The Morgan fingerprint density at radius 2 is 1.95 bits per heavy atom. The highest BCUT2D eigenvalue weighted by Gasteiger charge is 2.34. The molecule has 0 aromatic heterocycles. The van der Waals surface area contributed by atoms with Gasteiger partial charge < -0.3 is 4.90 Å². The van der Waals surface area contributed by atoms with Crippen LogP contribution in [0, 0.1) is 11.8 Å². The maximum absolute atomic E-state index is 12.4. The van der Waals surface area contributed by atoms with Crippen LogP contribution >= 0.6 is 33.9 Å². The van der Waals surface area contributed by atoms with Gasteiger partial charge in [0.15, 0.2) is 0 Å². The number of amides is 1. The van der Waals surface area contributed by atoms with Gasteiger partial charge in [0.1, 0.15) is 0 Å². The molecule has 1 fully saturated rings. The van der Waals surface area contributed by atoms with Gasteiger partial charge in [0, 0.05) is 24.3 Å². The quantitative estimate of drug-likeness (QED) is 0.760. The summed E-state index contributed by atoms with van der Waals surface area (Å²) >= 11 is 11.9. The van der Waals surface area contributed by atoms with Gasteiger partial charge in [-0.3, -0.25) is 4.79 Å². The molecule has 8 heteroatoms. The maximum atomic E-state index is 12.4. The van der Waals surface area contributed by atoms with E-state index in [1.54, 1.807) is 7.05 Å². The van der Waals surface area contributed by atoms with Gasteiger partial charge in [-0.1, -0.05) is 30.1 Å². The molecule has 1 aromatic carbocycles. The molecule has 2 atom stereocenters. The molecule has 0 N–H and O–H groups in total. The Morgan fingerprint density at radius 3 is 2.43 bits per heavy atom. The number of halogens is 3. The number of rotatable bonds is 4. The van der Waals surface area contributed by atoms with Gasteiger partial charge in [0.25, 0.3) is 15.0 Å². The van der Waals surface area contributed by atoms with E-state index < -0.39 is 9.05 Å². The first-order chi connectivity index (χ1) is 9.61. The van der Waals surface area contributed by atoms with E-state index in [1.165, 1.54) is 4.90 Å². The third-order valence-corrected chi connectivity index (χ3v) is 5.78. The zero-order valence-corrected chi connectivity index (χ0v) is 14.5. The van der Waals surface area contributed by atoms with Crippen LogP contribution in [0.5, 0.6) is 0 Å². The Bertz CT molecular complexity index is 690. The van der Waals surface area contributed by atoms with Gasteiger partial charge >= 0.3 is 0 Å². The van der Waals surface area contributed by atoms with Crippen molar-refractivity contribution in [1.82, 2.24) is 4.90 Å². The topological polar surface area (TPSA) is 54.5 Å². The first-order valence-electron chi connectivity index (χ1n) is 6.30. The molecule has 4 nitrogen and oxygen atoms in total. The fraction of sp³-hybridized carbons (Fsp3) is 0.462. The van der Waals surface area contributed by atoms with Crippen molar-refractivity contribution < 1.29 is 13.2 Å². The number of benzene rings is 1. The largest absolute Gasteiger partial charge is 0.341 e.